The molecule has 2 aromatic heterocycles. The lowest BCUT2D eigenvalue weighted by Crippen LogP contribution is -2.08. The molecule has 0 bridgehead atoms. The molecule has 0 unspecified atom stereocenters. The minimum atomic E-state index is 1.14. The minimum Gasteiger partial charge on any atom is -0.302 e. The first-order chi connectivity index (χ1) is 21.3. The Morgan fingerprint density at radius 1 is 0.349 bits per heavy atom. The van der Waals surface area contributed by atoms with Gasteiger partial charge < -0.3 is 4.90 Å². The van der Waals surface area contributed by atoms with Crippen molar-refractivity contribution in [2.45, 2.75) is 0 Å². The molecule has 204 valence electrons. The molecule has 0 spiro atoms. The van der Waals surface area contributed by atoms with Crippen molar-refractivity contribution in [2.75, 3.05) is 4.90 Å². The van der Waals surface area contributed by atoms with Crippen LogP contribution in [0, 0.1) is 0 Å². The van der Waals surface area contributed by atoms with E-state index in [4.69, 9.17) is 0 Å². The van der Waals surface area contributed by atoms with Crippen LogP contribution in [0.25, 0.3) is 52.9 Å². The lowest BCUT2D eigenvalue weighted by molar-refractivity contribution is 1.32. The number of rotatable bonds is 6. The maximum absolute atomic E-state index is 2.37. The van der Waals surface area contributed by atoms with Gasteiger partial charge in [0.25, 0.3) is 0 Å². The largest absolute Gasteiger partial charge is 0.302 e. The second-order valence-electron chi connectivity index (χ2n) is 10.6. The smallest absolute Gasteiger partial charge is 0.101 e. The van der Waals surface area contributed by atoms with Crippen LogP contribution in [0.5, 0.6) is 0 Å². The zero-order valence-corrected chi connectivity index (χ0v) is 25.0. The Morgan fingerprint density at radius 3 is 1.51 bits per heavy atom. The molecule has 8 rings (SSSR count). The average molecular weight is 586 g/mol. The van der Waals surface area contributed by atoms with E-state index < -0.39 is 0 Å². The predicted octanol–water partition coefficient (Wildman–Crippen LogP) is 12.6. The highest BCUT2D eigenvalue weighted by molar-refractivity contribution is 7.23. The van der Waals surface area contributed by atoms with Gasteiger partial charge >= 0.3 is 0 Å². The molecule has 0 aliphatic carbocycles. The van der Waals surface area contributed by atoms with E-state index >= 15 is 0 Å². The fourth-order valence-corrected chi connectivity index (χ4v) is 7.86. The third-order valence-electron chi connectivity index (χ3n) is 7.90. The molecule has 0 saturated heterocycles. The second-order valence-corrected chi connectivity index (χ2v) is 12.8. The van der Waals surface area contributed by atoms with Crippen molar-refractivity contribution in [2.24, 2.45) is 0 Å². The Balaban J connectivity index is 1.16. The molecule has 0 fully saturated rings. The van der Waals surface area contributed by atoms with E-state index in [9.17, 15) is 0 Å². The third-order valence-corrected chi connectivity index (χ3v) is 10.2. The van der Waals surface area contributed by atoms with Gasteiger partial charge in [0.15, 0.2) is 0 Å². The first kappa shape index (κ1) is 25.7. The van der Waals surface area contributed by atoms with Crippen molar-refractivity contribution < 1.29 is 0 Å². The Bertz CT molecular complexity index is 2110. The van der Waals surface area contributed by atoms with Crippen LogP contribution >= 0.6 is 22.7 Å². The summed E-state index contributed by atoms with van der Waals surface area (Å²) in [6.45, 7) is 0. The van der Waals surface area contributed by atoms with Crippen LogP contribution in [0.1, 0.15) is 0 Å². The first-order valence-electron chi connectivity index (χ1n) is 14.4. The number of nitrogens with zero attached hydrogens (tertiary/aromatic N) is 1. The van der Waals surface area contributed by atoms with E-state index in [2.05, 4.69) is 169 Å². The minimum absolute atomic E-state index is 1.14. The average Bonchev–Trinajstić information content (AvgIpc) is 3.71. The third kappa shape index (κ3) is 5.03. The van der Waals surface area contributed by atoms with Crippen LogP contribution < -0.4 is 4.90 Å². The van der Waals surface area contributed by atoms with Gasteiger partial charge in [-0.1, -0.05) is 109 Å². The Kier molecular flexibility index (Phi) is 6.60. The van der Waals surface area contributed by atoms with Gasteiger partial charge in [0.1, 0.15) is 5.00 Å². The highest BCUT2D eigenvalue weighted by Gasteiger charge is 2.16. The Labute approximate surface area is 259 Å². The zero-order valence-electron chi connectivity index (χ0n) is 23.4. The fraction of sp³-hybridized carbons (Fsp3) is 0. The normalized spacial score (nSPS) is 11.3. The van der Waals surface area contributed by atoms with Crippen molar-refractivity contribution >= 4 is 59.2 Å². The van der Waals surface area contributed by atoms with Gasteiger partial charge in [0.2, 0.25) is 0 Å². The van der Waals surface area contributed by atoms with Crippen LogP contribution in [0.2, 0.25) is 0 Å². The van der Waals surface area contributed by atoms with E-state index in [1.807, 2.05) is 22.7 Å². The number of hydrogen-bond acceptors (Lipinski definition) is 3. The molecule has 0 amide bonds. The predicted molar refractivity (Wildman–Crippen MR) is 188 cm³/mol. The van der Waals surface area contributed by atoms with Gasteiger partial charge in [0.05, 0.1) is 0 Å². The summed E-state index contributed by atoms with van der Waals surface area (Å²) in [5.74, 6) is 0. The lowest BCUT2D eigenvalue weighted by Gasteiger charge is -2.24. The standard InChI is InChI=1S/C40H27NS2/c1-2-9-28(10-3-1)29-17-21-35(22-18-29)41(40-27-34-12-5-7-16-38(34)43-40)36-23-19-30(20-24-36)31-13-8-14-32(25-31)39-26-33-11-4-6-15-37(33)42-39/h1-27H. The molecule has 8 aromatic rings. The lowest BCUT2D eigenvalue weighted by atomic mass is 10.0. The van der Waals surface area contributed by atoms with Crippen molar-refractivity contribution in [1.82, 2.24) is 0 Å². The van der Waals surface area contributed by atoms with E-state index in [1.165, 1.54) is 57.9 Å². The summed E-state index contributed by atoms with van der Waals surface area (Å²) >= 11 is 3.68. The molecule has 43 heavy (non-hydrogen) atoms. The van der Waals surface area contributed by atoms with Gasteiger partial charge in [-0.2, -0.15) is 0 Å². The number of benzene rings is 6. The van der Waals surface area contributed by atoms with Crippen molar-refractivity contribution in [1.29, 1.82) is 0 Å². The summed E-state index contributed by atoms with van der Waals surface area (Å²) in [5.41, 5.74) is 8.42. The van der Waals surface area contributed by atoms with E-state index in [0.29, 0.717) is 0 Å². The molecular formula is C40H27NS2. The zero-order chi connectivity index (χ0) is 28.6. The summed E-state index contributed by atoms with van der Waals surface area (Å²) in [6, 6.07) is 59.2. The monoisotopic (exact) mass is 585 g/mol. The van der Waals surface area contributed by atoms with Gasteiger partial charge in [-0.15, -0.1) is 22.7 Å². The highest BCUT2D eigenvalue weighted by Crippen LogP contribution is 2.43. The van der Waals surface area contributed by atoms with Crippen molar-refractivity contribution in [3.8, 4) is 32.7 Å². The van der Waals surface area contributed by atoms with E-state index in [-0.39, 0.29) is 0 Å². The van der Waals surface area contributed by atoms with Crippen LogP contribution in [-0.4, -0.2) is 0 Å². The van der Waals surface area contributed by atoms with E-state index in [0.717, 1.165) is 11.4 Å². The molecule has 0 radical (unpaired) electrons. The maximum atomic E-state index is 2.37. The number of anilines is 3. The topological polar surface area (TPSA) is 3.24 Å². The molecule has 6 aromatic carbocycles. The van der Waals surface area contributed by atoms with E-state index in [1.54, 1.807) is 0 Å². The number of thiophene rings is 2. The molecule has 0 aliphatic rings. The molecular weight excluding hydrogens is 559 g/mol. The van der Waals surface area contributed by atoms with Gasteiger partial charge in [-0.3, -0.25) is 0 Å². The molecule has 3 heteroatoms. The number of fused-ring (bicyclic) bond motifs is 2. The molecule has 0 aliphatic heterocycles. The molecule has 0 N–H and O–H groups in total. The van der Waals surface area contributed by atoms with Crippen molar-refractivity contribution in [3.63, 3.8) is 0 Å². The first-order valence-corrected chi connectivity index (χ1v) is 16.1. The van der Waals surface area contributed by atoms with Gasteiger partial charge in [-0.05, 0) is 93.2 Å². The summed E-state index contributed by atoms with van der Waals surface area (Å²) in [5, 5.41) is 3.77. The second kappa shape index (κ2) is 11.0. The summed E-state index contributed by atoms with van der Waals surface area (Å²) < 4.78 is 2.61. The highest BCUT2D eigenvalue weighted by atomic mass is 32.1. The summed E-state index contributed by atoms with van der Waals surface area (Å²) in [6.07, 6.45) is 0. The SMILES string of the molecule is c1ccc(-c2ccc(N(c3ccc(-c4cccc(-c5cc6ccccc6s5)c4)cc3)c3cc4ccccc4s3)cc2)cc1. The Hall–Kier alpha value is -4.96. The molecule has 0 atom stereocenters. The van der Waals surface area contributed by atoms with Gasteiger partial charge in [-0.25, -0.2) is 0 Å². The number of hydrogen-bond donors (Lipinski definition) is 0. The molecule has 1 nitrogen and oxygen atoms in total. The Morgan fingerprint density at radius 2 is 0.860 bits per heavy atom. The van der Waals surface area contributed by atoms with Crippen LogP contribution in [0.15, 0.2) is 164 Å². The summed E-state index contributed by atoms with van der Waals surface area (Å²) in [4.78, 5) is 3.67. The van der Waals surface area contributed by atoms with Crippen LogP contribution in [-0.2, 0) is 0 Å². The maximum Gasteiger partial charge on any atom is 0.101 e. The molecule has 2 heterocycles. The van der Waals surface area contributed by atoms with Crippen molar-refractivity contribution in [3.05, 3.63) is 164 Å². The van der Waals surface area contributed by atoms with Crippen LogP contribution in [0.4, 0.5) is 16.4 Å². The summed E-state index contributed by atoms with van der Waals surface area (Å²) in [7, 11) is 0. The molecule has 0 saturated carbocycles. The quantitative estimate of drug-likeness (QED) is 0.188. The van der Waals surface area contributed by atoms with Crippen LogP contribution in [0.3, 0.4) is 0 Å². The fourth-order valence-electron chi connectivity index (χ4n) is 5.69. The van der Waals surface area contributed by atoms with Gasteiger partial charge in [0, 0.05) is 25.7 Å².